The first kappa shape index (κ1) is 14.6. The second kappa shape index (κ2) is 7.80. The zero-order valence-electron chi connectivity index (χ0n) is 11.3. The molecule has 0 saturated heterocycles. The van der Waals surface area contributed by atoms with Crippen LogP contribution in [0.2, 0.25) is 0 Å². The van der Waals surface area contributed by atoms with Crippen LogP contribution in [-0.4, -0.2) is 37.0 Å². The third-order valence-electron chi connectivity index (χ3n) is 2.99. The highest BCUT2D eigenvalue weighted by Crippen LogP contribution is 2.13. The van der Waals surface area contributed by atoms with Crippen molar-refractivity contribution in [2.24, 2.45) is 0 Å². The lowest BCUT2D eigenvalue weighted by Crippen LogP contribution is -2.28. The number of thioether (sulfide) groups is 1. The van der Waals surface area contributed by atoms with Gasteiger partial charge in [-0.05, 0) is 45.5 Å². The van der Waals surface area contributed by atoms with Gasteiger partial charge in [0.15, 0.2) is 0 Å². The Morgan fingerprint density at radius 1 is 1.53 bits per heavy atom. The lowest BCUT2D eigenvalue weighted by molar-refractivity contribution is 0.226. The lowest BCUT2D eigenvalue weighted by Gasteiger charge is -2.23. The van der Waals surface area contributed by atoms with Crippen LogP contribution in [0.5, 0.6) is 0 Å². The molecule has 1 atom stereocenters. The predicted molar refractivity (Wildman–Crippen MR) is 75.4 cm³/mol. The van der Waals surface area contributed by atoms with Gasteiger partial charge in [-0.3, -0.25) is 4.90 Å². The van der Waals surface area contributed by atoms with Crippen LogP contribution in [0, 0.1) is 0 Å². The minimum absolute atomic E-state index is 0.598. The molecule has 0 fully saturated rings. The van der Waals surface area contributed by atoms with Gasteiger partial charge >= 0.3 is 0 Å². The van der Waals surface area contributed by atoms with Crippen molar-refractivity contribution in [2.75, 3.05) is 26.1 Å². The minimum Gasteiger partial charge on any atom is -0.468 e. The zero-order valence-corrected chi connectivity index (χ0v) is 12.1. The molecule has 0 aliphatic heterocycles. The largest absolute Gasteiger partial charge is 0.468 e. The van der Waals surface area contributed by atoms with Crippen LogP contribution in [0.25, 0.3) is 0 Å². The van der Waals surface area contributed by atoms with Gasteiger partial charge in [-0.2, -0.15) is 11.8 Å². The van der Waals surface area contributed by atoms with Crippen LogP contribution >= 0.6 is 11.8 Å². The summed E-state index contributed by atoms with van der Waals surface area (Å²) in [5, 5.41) is 3.12. The quantitative estimate of drug-likeness (QED) is 0.774. The molecule has 3 nitrogen and oxygen atoms in total. The maximum Gasteiger partial charge on any atom is 0.118 e. The molecule has 1 aromatic heterocycles. The van der Waals surface area contributed by atoms with Gasteiger partial charge in [0.25, 0.3) is 0 Å². The van der Waals surface area contributed by atoms with E-state index in [1.54, 1.807) is 0 Å². The molecule has 0 aliphatic carbocycles. The highest BCUT2D eigenvalue weighted by molar-refractivity contribution is 7.98. The SMILES string of the molecule is CNCc1coc(CN(C)C(C)CCSC)c1. The highest BCUT2D eigenvalue weighted by atomic mass is 32.2. The number of nitrogens with one attached hydrogen (secondary N) is 1. The fraction of sp³-hybridized carbons (Fsp3) is 0.692. The van der Waals surface area contributed by atoms with Gasteiger partial charge in [0.2, 0.25) is 0 Å². The van der Waals surface area contributed by atoms with Crippen molar-refractivity contribution in [1.29, 1.82) is 0 Å². The molecule has 1 aromatic rings. The van der Waals surface area contributed by atoms with Crippen molar-refractivity contribution in [2.45, 2.75) is 32.5 Å². The summed E-state index contributed by atoms with van der Waals surface area (Å²) in [4.78, 5) is 2.35. The smallest absolute Gasteiger partial charge is 0.118 e. The van der Waals surface area contributed by atoms with Crippen LogP contribution in [0.4, 0.5) is 0 Å². The van der Waals surface area contributed by atoms with E-state index in [1.165, 1.54) is 17.7 Å². The Hall–Kier alpha value is -0.450. The molecule has 0 spiro atoms. The van der Waals surface area contributed by atoms with Gasteiger partial charge < -0.3 is 9.73 Å². The van der Waals surface area contributed by atoms with Gasteiger partial charge in [0.05, 0.1) is 12.8 Å². The molecule has 0 amide bonds. The predicted octanol–water partition coefficient (Wildman–Crippen LogP) is 2.57. The molecule has 0 bridgehead atoms. The summed E-state index contributed by atoms with van der Waals surface area (Å²) >= 11 is 1.91. The topological polar surface area (TPSA) is 28.4 Å². The van der Waals surface area contributed by atoms with E-state index in [1.807, 2.05) is 25.1 Å². The Balaban J connectivity index is 2.40. The van der Waals surface area contributed by atoms with E-state index >= 15 is 0 Å². The molecule has 1 rings (SSSR count). The van der Waals surface area contributed by atoms with Crippen LogP contribution in [-0.2, 0) is 13.1 Å². The minimum atomic E-state index is 0.598. The van der Waals surface area contributed by atoms with E-state index in [2.05, 4.69) is 36.5 Å². The van der Waals surface area contributed by atoms with Gasteiger partial charge in [0, 0.05) is 18.2 Å². The van der Waals surface area contributed by atoms with Gasteiger partial charge in [-0.25, -0.2) is 0 Å². The van der Waals surface area contributed by atoms with Crippen LogP contribution in [0.3, 0.4) is 0 Å². The summed E-state index contributed by atoms with van der Waals surface area (Å²) in [5.74, 6) is 2.27. The maximum absolute atomic E-state index is 5.56. The monoisotopic (exact) mass is 256 g/mol. The summed E-state index contributed by atoms with van der Waals surface area (Å²) in [7, 11) is 4.11. The van der Waals surface area contributed by atoms with Crippen LogP contribution < -0.4 is 5.32 Å². The Bertz CT molecular complexity index is 314. The van der Waals surface area contributed by atoms with Crippen molar-refractivity contribution >= 4 is 11.8 Å². The number of hydrogen-bond acceptors (Lipinski definition) is 4. The molecule has 0 radical (unpaired) electrons. The summed E-state index contributed by atoms with van der Waals surface area (Å²) in [6.45, 7) is 4.03. The molecule has 98 valence electrons. The second-order valence-corrected chi connectivity index (χ2v) is 5.48. The van der Waals surface area contributed by atoms with Gasteiger partial charge in [0.1, 0.15) is 5.76 Å². The first-order valence-electron chi connectivity index (χ1n) is 6.07. The van der Waals surface area contributed by atoms with E-state index in [-0.39, 0.29) is 0 Å². The molecule has 0 aromatic carbocycles. The molecule has 1 unspecified atom stereocenters. The standard InChI is InChI=1S/C13H24N2OS/c1-11(5-6-17-4)15(3)9-13-7-12(8-14-2)10-16-13/h7,10-11,14H,5-6,8-9H2,1-4H3. The van der Waals surface area contributed by atoms with Crippen molar-refractivity contribution in [1.82, 2.24) is 10.2 Å². The fourth-order valence-electron chi connectivity index (χ4n) is 1.72. The van der Waals surface area contributed by atoms with E-state index in [0.29, 0.717) is 6.04 Å². The van der Waals surface area contributed by atoms with Crippen LogP contribution in [0.1, 0.15) is 24.7 Å². The highest BCUT2D eigenvalue weighted by Gasteiger charge is 2.11. The van der Waals surface area contributed by atoms with Gasteiger partial charge in [-0.1, -0.05) is 0 Å². The number of furan rings is 1. The molecule has 17 heavy (non-hydrogen) atoms. The Morgan fingerprint density at radius 3 is 2.94 bits per heavy atom. The Labute approximate surface area is 109 Å². The summed E-state index contributed by atoms with van der Waals surface area (Å²) in [5.41, 5.74) is 1.22. The normalized spacial score (nSPS) is 13.2. The molecular formula is C13H24N2OS. The van der Waals surface area contributed by atoms with Gasteiger partial charge in [-0.15, -0.1) is 0 Å². The van der Waals surface area contributed by atoms with E-state index in [4.69, 9.17) is 4.42 Å². The van der Waals surface area contributed by atoms with Crippen molar-refractivity contribution in [3.05, 3.63) is 23.7 Å². The average Bonchev–Trinajstić information content (AvgIpc) is 2.74. The Morgan fingerprint density at radius 2 is 2.29 bits per heavy atom. The van der Waals surface area contributed by atoms with Crippen molar-refractivity contribution in [3.63, 3.8) is 0 Å². The van der Waals surface area contributed by atoms with E-state index < -0.39 is 0 Å². The summed E-state index contributed by atoms with van der Waals surface area (Å²) < 4.78 is 5.56. The summed E-state index contributed by atoms with van der Waals surface area (Å²) in [6, 6.07) is 2.73. The number of nitrogens with zero attached hydrogens (tertiary/aromatic N) is 1. The number of rotatable bonds is 8. The molecule has 0 saturated carbocycles. The lowest BCUT2D eigenvalue weighted by atomic mass is 10.2. The fourth-order valence-corrected chi connectivity index (χ4v) is 2.29. The summed E-state index contributed by atoms with van der Waals surface area (Å²) in [6.07, 6.45) is 5.22. The van der Waals surface area contributed by atoms with Crippen molar-refractivity contribution < 1.29 is 4.42 Å². The molecule has 4 heteroatoms. The van der Waals surface area contributed by atoms with E-state index in [0.717, 1.165) is 18.8 Å². The third kappa shape index (κ3) is 5.15. The average molecular weight is 256 g/mol. The first-order chi connectivity index (χ1) is 8.17. The molecule has 0 aliphatic rings. The third-order valence-corrected chi connectivity index (χ3v) is 3.63. The second-order valence-electron chi connectivity index (χ2n) is 4.50. The van der Waals surface area contributed by atoms with E-state index in [9.17, 15) is 0 Å². The Kier molecular flexibility index (Phi) is 6.70. The number of hydrogen-bond donors (Lipinski definition) is 1. The maximum atomic E-state index is 5.56. The van der Waals surface area contributed by atoms with Crippen molar-refractivity contribution in [3.8, 4) is 0 Å². The molecule has 1 N–H and O–H groups in total. The first-order valence-corrected chi connectivity index (χ1v) is 7.46. The molecule has 1 heterocycles. The zero-order chi connectivity index (χ0) is 12.7. The van der Waals surface area contributed by atoms with Crippen LogP contribution in [0.15, 0.2) is 16.7 Å². The molecular weight excluding hydrogens is 232 g/mol.